The highest BCUT2D eigenvalue weighted by molar-refractivity contribution is 6.31. The van der Waals surface area contributed by atoms with Gasteiger partial charge in [-0.15, -0.1) is 0 Å². The summed E-state index contributed by atoms with van der Waals surface area (Å²) >= 11 is 6.16. The minimum Gasteiger partial charge on any atom is -0.496 e. The molecule has 1 unspecified atom stereocenters. The van der Waals surface area contributed by atoms with Crippen molar-refractivity contribution >= 4 is 23.1 Å². The highest BCUT2D eigenvalue weighted by Gasteiger charge is 2.33. The summed E-state index contributed by atoms with van der Waals surface area (Å²) in [5, 5.41) is 13.8. The van der Waals surface area contributed by atoms with Crippen LogP contribution in [0.5, 0.6) is 5.75 Å². The van der Waals surface area contributed by atoms with Crippen LogP contribution in [-0.2, 0) is 6.61 Å². The Morgan fingerprint density at radius 2 is 2.21 bits per heavy atom. The molecule has 4 rings (SSSR count). The molecular weight excluding hydrogens is 326 g/mol. The lowest BCUT2D eigenvalue weighted by atomic mass is 10.0. The Hall–Kier alpha value is -2.24. The lowest BCUT2D eigenvalue weighted by molar-refractivity contribution is 0.273. The molecule has 0 fully saturated rings. The second-order valence-electron chi connectivity index (χ2n) is 5.86. The van der Waals surface area contributed by atoms with Crippen LogP contribution in [0.25, 0.3) is 0 Å². The Balaban J connectivity index is 1.78. The summed E-state index contributed by atoms with van der Waals surface area (Å²) in [5.41, 5.74) is 3.88. The summed E-state index contributed by atoms with van der Waals surface area (Å²) in [4.78, 5) is 6.92. The van der Waals surface area contributed by atoms with Gasteiger partial charge in [0.15, 0.2) is 0 Å². The number of rotatable bonds is 3. The van der Waals surface area contributed by atoms with Crippen molar-refractivity contribution in [3.8, 4) is 5.75 Å². The molecule has 1 atom stereocenters. The monoisotopic (exact) mass is 343 g/mol. The van der Waals surface area contributed by atoms with E-state index in [2.05, 4.69) is 15.2 Å². The van der Waals surface area contributed by atoms with Crippen LogP contribution in [-0.4, -0.2) is 36.0 Å². The van der Waals surface area contributed by atoms with Gasteiger partial charge < -0.3 is 20.1 Å². The van der Waals surface area contributed by atoms with Gasteiger partial charge in [0.1, 0.15) is 17.8 Å². The third-order valence-corrected chi connectivity index (χ3v) is 4.73. The topological polar surface area (TPSA) is 57.1 Å². The third-order valence-electron chi connectivity index (χ3n) is 4.49. The van der Waals surface area contributed by atoms with E-state index in [9.17, 15) is 5.11 Å². The average molecular weight is 344 g/mol. The van der Waals surface area contributed by atoms with Crippen molar-refractivity contribution in [3.63, 3.8) is 0 Å². The Bertz CT molecular complexity index is 822. The zero-order valence-corrected chi connectivity index (χ0v) is 14.0. The number of nitrogens with zero attached hydrogens (tertiary/aromatic N) is 2. The Kier molecular flexibility index (Phi) is 3.82. The van der Waals surface area contributed by atoms with Gasteiger partial charge in [0.25, 0.3) is 0 Å². The molecule has 0 saturated heterocycles. The molecule has 0 aliphatic carbocycles. The van der Waals surface area contributed by atoms with Crippen molar-refractivity contribution in [2.45, 2.75) is 12.8 Å². The molecule has 2 aromatic rings. The van der Waals surface area contributed by atoms with E-state index in [4.69, 9.17) is 16.3 Å². The van der Waals surface area contributed by atoms with Crippen molar-refractivity contribution in [1.29, 1.82) is 0 Å². The minimum absolute atomic E-state index is 0.0478. The van der Waals surface area contributed by atoms with Crippen LogP contribution in [0.4, 0.5) is 5.69 Å². The first-order valence-corrected chi connectivity index (χ1v) is 8.24. The van der Waals surface area contributed by atoms with Crippen molar-refractivity contribution in [1.82, 2.24) is 4.90 Å². The number of nitrogens with one attached hydrogen (secondary N) is 1. The second kappa shape index (κ2) is 6.00. The summed E-state index contributed by atoms with van der Waals surface area (Å²) in [5.74, 6) is 1.68. The fourth-order valence-corrected chi connectivity index (χ4v) is 3.54. The third kappa shape index (κ3) is 2.41. The summed E-state index contributed by atoms with van der Waals surface area (Å²) < 4.78 is 5.30. The predicted molar refractivity (Wildman–Crippen MR) is 94.8 cm³/mol. The van der Waals surface area contributed by atoms with Crippen molar-refractivity contribution < 1.29 is 9.84 Å². The van der Waals surface area contributed by atoms with Crippen LogP contribution >= 0.6 is 11.6 Å². The first-order chi connectivity index (χ1) is 11.7. The number of benzene rings is 2. The van der Waals surface area contributed by atoms with Gasteiger partial charge in [-0.1, -0.05) is 17.7 Å². The number of aliphatic hydroxyl groups excluding tert-OH is 1. The quantitative estimate of drug-likeness (QED) is 0.899. The highest BCUT2D eigenvalue weighted by atomic mass is 35.5. The first-order valence-electron chi connectivity index (χ1n) is 7.86. The molecule has 2 N–H and O–H groups in total. The van der Waals surface area contributed by atoms with Gasteiger partial charge in [0, 0.05) is 28.4 Å². The van der Waals surface area contributed by atoms with Crippen LogP contribution in [0.2, 0.25) is 5.02 Å². The molecule has 2 heterocycles. The van der Waals surface area contributed by atoms with E-state index < -0.39 is 0 Å². The lowest BCUT2D eigenvalue weighted by Crippen LogP contribution is -2.41. The molecular formula is C18H18ClN3O2. The number of ether oxygens (including phenoxy) is 1. The normalized spacial score (nSPS) is 18.5. The molecule has 0 radical (unpaired) electrons. The van der Waals surface area contributed by atoms with Crippen molar-refractivity contribution in [2.75, 3.05) is 25.5 Å². The number of aliphatic imine (C=N–C) groups is 1. The maximum absolute atomic E-state index is 9.60. The van der Waals surface area contributed by atoms with Crippen LogP contribution < -0.4 is 10.1 Å². The average Bonchev–Trinajstić information content (AvgIpc) is 3.10. The molecule has 5 nitrogen and oxygen atoms in total. The van der Waals surface area contributed by atoms with Gasteiger partial charge in [0.2, 0.25) is 0 Å². The standard InChI is InChI=1S/C18H18ClN3O2/c1-24-16-5-2-11(8-12(16)10-23)17-21-15-9-13(19)3-4-14(15)18-20-6-7-22(17)18/h2-5,8-9,17,21,23H,6-7,10H2,1H3. The number of amidine groups is 1. The number of methoxy groups -OCH3 is 1. The van der Waals surface area contributed by atoms with E-state index in [1.54, 1.807) is 7.11 Å². The second-order valence-corrected chi connectivity index (χ2v) is 6.30. The summed E-state index contributed by atoms with van der Waals surface area (Å²) in [6, 6.07) is 11.7. The molecule has 0 saturated carbocycles. The van der Waals surface area contributed by atoms with Gasteiger partial charge in [-0.2, -0.15) is 0 Å². The highest BCUT2D eigenvalue weighted by Crippen LogP contribution is 2.37. The maximum atomic E-state index is 9.60. The van der Waals surface area contributed by atoms with Gasteiger partial charge in [-0.05, 0) is 35.9 Å². The lowest BCUT2D eigenvalue weighted by Gasteiger charge is -2.38. The smallest absolute Gasteiger partial charge is 0.135 e. The predicted octanol–water partition coefficient (Wildman–Crippen LogP) is 3.03. The molecule has 2 aliphatic rings. The number of fused-ring (bicyclic) bond motifs is 3. The largest absolute Gasteiger partial charge is 0.496 e. The number of anilines is 1. The SMILES string of the molecule is COc1ccc(C2Nc3cc(Cl)ccc3C3=NCCN32)cc1CO. The van der Waals surface area contributed by atoms with Crippen LogP contribution in [0.3, 0.4) is 0 Å². The van der Waals surface area contributed by atoms with E-state index >= 15 is 0 Å². The molecule has 0 bridgehead atoms. The first kappa shape index (κ1) is 15.3. The number of halogens is 1. The summed E-state index contributed by atoms with van der Waals surface area (Å²) in [6.45, 7) is 1.57. The zero-order chi connectivity index (χ0) is 16.7. The minimum atomic E-state index is -0.0624. The van der Waals surface area contributed by atoms with Crippen LogP contribution in [0.1, 0.15) is 22.9 Å². The molecule has 2 aliphatic heterocycles. The maximum Gasteiger partial charge on any atom is 0.135 e. The fraction of sp³-hybridized carbons (Fsp3) is 0.278. The van der Waals surface area contributed by atoms with Gasteiger partial charge in [0.05, 0.1) is 20.3 Å². The van der Waals surface area contributed by atoms with E-state index in [0.717, 1.165) is 41.3 Å². The summed E-state index contributed by atoms with van der Waals surface area (Å²) in [7, 11) is 1.61. The molecule has 6 heteroatoms. The molecule has 2 aromatic carbocycles. The zero-order valence-electron chi connectivity index (χ0n) is 13.3. The van der Waals surface area contributed by atoms with E-state index in [1.165, 1.54) is 0 Å². The number of hydrogen-bond donors (Lipinski definition) is 2. The van der Waals surface area contributed by atoms with Crippen molar-refractivity contribution in [3.05, 3.63) is 58.1 Å². The number of hydrogen-bond acceptors (Lipinski definition) is 5. The Labute approximate surface area is 145 Å². The van der Waals surface area contributed by atoms with Crippen LogP contribution in [0, 0.1) is 0 Å². The van der Waals surface area contributed by atoms with E-state index in [0.29, 0.717) is 10.8 Å². The fourth-order valence-electron chi connectivity index (χ4n) is 3.36. The summed E-state index contributed by atoms with van der Waals surface area (Å²) in [6.07, 6.45) is -0.0478. The molecule has 0 aromatic heterocycles. The van der Waals surface area contributed by atoms with Crippen molar-refractivity contribution in [2.24, 2.45) is 4.99 Å². The number of aliphatic hydroxyl groups is 1. The molecule has 24 heavy (non-hydrogen) atoms. The molecule has 0 spiro atoms. The van der Waals surface area contributed by atoms with Gasteiger partial charge in [-0.25, -0.2) is 0 Å². The molecule has 0 amide bonds. The Morgan fingerprint density at radius 1 is 1.33 bits per heavy atom. The van der Waals surface area contributed by atoms with Crippen LogP contribution in [0.15, 0.2) is 41.4 Å². The van der Waals surface area contributed by atoms with Gasteiger partial charge in [-0.3, -0.25) is 4.99 Å². The molecule has 124 valence electrons. The van der Waals surface area contributed by atoms with E-state index in [-0.39, 0.29) is 12.8 Å². The Morgan fingerprint density at radius 3 is 3.00 bits per heavy atom. The van der Waals surface area contributed by atoms with Gasteiger partial charge >= 0.3 is 0 Å². The van der Waals surface area contributed by atoms with E-state index in [1.807, 2.05) is 36.4 Å².